The summed E-state index contributed by atoms with van der Waals surface area (Å²) in [5.41, 5.74) is 0.119. The number of thioether (sulfide) groups is 1. The molecule has 4 fully saturated rings. The Kier molecular flexibility index (Phi) is 10.0. The van der Waals surface area contributed by atoms with Gasteiger partial charge < -0.3 is 25.0 Å². The lowest BCUT2D eigenvalue weighted by molar-refractivity contribution is -0.205. The minimum Gasteiger partial charge on any atom is -0.461 e. The smallest absolute Gasteiger partial charge is 0.316 e. The molecule has 2 aromatic heterocycles. The number of amides is 1. The predicted molar refractivity (Wildman–Crippen MR) is 203 cm³/mol. The minimum atomic E-state index is -0.722. The number of hydrogen-bond acceptors (Lipinski definition) is 10. The van der Waals surface area contributed by atoms with Crippen LogP contribution in [0.4, 0.5) is 11.5 Å². The first kappa shape index (κ1) is 36.6. The number of aliphatic hydroxyl groups is 1. The molecule has 12 heteroatoms. The van der Waals surface area contributed by atoms with Gasteiger partial charge in [-0.25, -0.2) is 9.97 Å². The molecule has 1 amide bonds. The number of carbonyl (C=O) groups excluding carboxylic acids is 3. The van der Waals surface area contributed by atoms with E-state index in [4.69, 9.17) is 4.74 Å². The first-order valence-electron chi connectivity index (χ1n) is 18.7. The molecule has 8 atom stereocenters. The van der Waals surface area contributed by atoms with Gasteiger partial charge in [-0.2, -0.15) is 0 Å². The summed E-state index contributed by atoms with van der Waals surface area (Å²) in [5, 5.41) is 15.8. The van der Waals surface area contributed by atoms with Crippen molar-refractivity contribution < 1.29 is 24.2 Å². The van der Waals surface area contributed by atoms with Crippen LogP contribution >= 0.6 is 11.8 Å². The maximum Gasteiger partial charge on any atom is 0.316 e. The number of ketones is 1. The molecule has 1 saturated heterocycles. The van der Waals surface area contributed by atoms with Crippen molar-refractivity contribution in [3.05, 3.63) is 55.3 Å². The van der Waals surface area contributed by atoms with Gasteiger partial charge >= 0.3 is 5.97 Å². The first-order valence-corrected chi connectivity index (χ1v) is 19.7. The number of aromatic nitrogens is 3. The van der Waals surface area contributed by atoms with Crippen LogP contribution in [0.3, 0.4) is 0 Å². The summed E-state index contributed by atoms with van der Waals surface area (Å²) >= 11 is 1.15. The van der Waals surface area contributed by atoms with Crippen LogP contribution in [0.5, 0.6) is 0 Å². The highest BCUT2D eigenvalue weighted by Gasteiger charge is 2.68. The molecule has 11 nitrogen and oxygen atoms in total. The van der Waals surface area contributed by atoms with E-state index in [0.717, 1.165) is 57.2 Å². The van der Waals surface area contributed by atoms with Crippen LogP contribution in [0.25, 0.3) is 11.0 Å². The van der Waals surface area contributed by atoms with Crippen molar-refractivity contribution in [2.45, 2.75) is 77.2 Å². The highest BCUT2D eigenvalue weighted by molar-refractivity contribution is 7.99. The van der Waals surface area contributed by atoms with E-state index >= 15 is 0 Å². The zero-order chi connectivity index (χ0) is 36.8. The van der Waals surface area contributed by atoms with E-state index in [1.54, 1.807) is 12.3 Å². The Labute approximate surface area is 310 Å². The quantitative estimate of drug-likeness (QED) is 0.109. The van der Waals surface area contributed by atoms with Gasteiger partial charge in [0.1, 0.15) is 23.4 Å². The SMILES string of the molecule is C=C[C@]1(C)C[C@@H](OC(=O)CSc2nc(NC(=O)CN3CCN(c4ccccc4)CC3)c3cc[nH]c3n2)[C@]2(C)[C@H](C)CC[C@]3(CCC(=O)[C@H]32)[C@@H](C)[C@@H]1O. The van der Waals surface area contributed by atoms with Crippen LogP contribution < -0.4 is 10.2 Å². The van der Waals surface area contributed by atoms with Crippen molar-refractivity contribution in [3.63, 3.8) is 0 Å². The fraction of sp³-hybridized carbons (Fsp3) is 0.575. The van der Waals surface area contributed by atoms with Crippen molar-refractivity contribution in [2.75, 3.05) is 48.7 Å². The number of nitrogens with zero attached hydrogens (tertiary/aromatic N) is 4. The molecular formula is C40H52N6O5S. The number of esters is 1. The molecule has 3 heterocycles. The number of hydrogen-bond donors (Lipinski definition) is 3. The molecule has 7 rings (SSSR count). The van der Waals surface area contributed by atoms with Crippen LogP contribution in [0.2, 0.25) is 0 Å². The monoisotopic (exact) mass is 728 g/mol. The number of aliphatic hydroxyl groups excluding tert-OH is 1. The molecule has 0 spiro atoms. The Balaban J connectivity index is 1.04. The molecule has 3 N–H and O–H groups in total. The largest absolute Gasteiger partial charge is 0.461 e. The second-order valence-electron chi connectivity index (χ2n) is 16.1. The standard InChI is InChI=1S/C40H52N6O5S/c1-6-38(4)22-30(39(5)25(2)12-15-40(26(3)34(38)50)16-13-29(47)33(39)40)51-32(49)24-52-37-43-35-28(14-17-41-35)36(44-37)42-31(48)23-45-18-20-46(21-19-45)27-10-8-7-9-11-27/h6-11,14,17,25-26,30,33-34,50H,1,12-13,15-16,18-24H2,2-5H3,(H2,41,42,43,44,48)/t25-,26+,30-,33+,34+,38-,39+,40+/m1/s1. The number of ether oxygens (including phenoxy) is 1. The molecule has 3 aliphatic carbocycles. The summed E-state index contributed by atoms with van der Waals surface area (Å²) in [5.74, 6) is -0.275. The van der Waals surface area contributed by atoms with Crippen molar-refractivity contribution in [3.8, 4) is 0 Å². The minimum absolute atomic E-state index is 0.0558. The lowest BCUT2D eigenvalue weighted by Gasteiger charge is -2.61. The number of H-pyrrole nitrogens is 1. The number of carbonyl (C=O) groups is 3. The molecule has 52 heavy (non-hydrogen) atoms. The second-order valence-corrected chi connectivity index (χ2v) is 17.0. The number of anilines is 2. The number of piperazine rings is 1. The number of fused-ring (bicyclic) bond motifs is 1. The average Bonchev–Trinajstić information content (AvgIpc) is 3.77. The Morgan fingerprint density at radius 2 is 1.87 bits per heavy atom. The molecule has 3 aromatic rings. The number of nitrogens with one attached hydrogen (secondary N) is 2. The molecule has 2 bridgehead atoms. The maximum atomic E-state index is 13.8. The summed E-state index contributed by atoms with van der Waals surface area (Å²) in [4.78, 5) is 57.6. The van der Waals surface area contributed by atoms with E-state index in [1.807, 2.05) is 31.2 Å². The fourth-order valence-corrected chi connectivity index (χ4v) is 10.7. The normalized spacial score (nSPS) is 33.6. The summed E-state index contributed by atoms with van der Waals surface area (Å²) in [7, 11) is 0. The van der Waals surface area contributed by atoms with Crippen LogP contribution in [0, 0.1) is 34.0 Å². The number of benzene rings is 1. The van der Waals surface area contributed by atoms with Crippen molar-refractivity contribution in [1.29, 1.82) is 0 Å². The zero-order valence-corrected chi connectivity index (χ0v) is 31.6. The second kappa shape index (κ2) is 14.2. The van der Waals surface area contributed by atoms with Gasteiger partial charge in [-0.1, -0.05) is 63.7 Å². The molecule has 4 aliphatic rings. The number of rotatable bonds is 9. The molecule has 1 aliphatic heterocycles. The van der Waals surface area contributed by atoms with Gasteiger partial charge in [-0.15, -0.1) is 6.58 Å². The van der Waals surface area contributed by atoms with Crippen LogP contribution in [-0.4, -0.2) is 93.3 Å². The first-order chi connectivity index (χ1) is 24.9. The summed E-state index contributed by atoms with van der Waals surface area (Å²) in [6.45, 7) is 16.0. The van der Waals surface area contributed by atoms with E-state index in [-0.39, 0.29) is 47.2 Å². The van der Waals surface area contributed by atoms with Gasteiger partial charge in [0.15, 0.2) is 5.16 Å². The third kappa shape index (κ3) is 6.44. The molecule has 3 saturated carbocycles. The van der Waals surface area contributed by atoms with Crippen LogP contribution in [-0.2, 0) is 19.1 Å². The van der Waals surface area contributed by atoms with Crippen molar-refractivity contribution in [2.24, 2.45) is 34.0 Å². The molecular weight excluding hydrogens is 677 g/mol. The fourth-order valence-electron chi connectivity index (χ4n) is 10.1. The average molecular weight is 729 g/mol. The molecule has 0 radical (unpaired) electrons. The number of para-hydroxylation sites is 1. The Morgan fingerprint density at radius 3 is 2.60 bits per heavy atom. The lowest BCUT2D eigenvalue weighted by Crippen LogP contribution is -2.63. The highest BCUT2D eigenvalue weighted by atomic mass is 32.2. The Morgan fingerprint density at radius 1 is 1.12 bits per heavy atom. The third-order valence-corrected chi connectivity index (χ3v) is 14.2. The molecule has 0 unspecified atom stereocenters. The topological polar surface area (TPSA) is 141 Å². The van der Waals surface area contributed by atoms with E-state index in [9.17, 15) is 19.5 Å². The predicted octanol–water partition coefficient (Wildman–Crippen LogP) is 5.72. The van der Waals surface area contributed by atoms with Gasteiger partial charge in [0.2, 0.25) is 5.91 Å². The third-order valence-electron chi connectivity index (χ3n) is 13.4. The number of Topliss-reactive ketones (excluding diaryl/α,β-unsaturated/α-hetero) is 1. The van der Waals surface area contributed by atoms with E-state index in [2.05, 4.69) is 69.6 Å². The Bertz CT molecular complexity index is 1830. The molecule has 1 aromatic carbocycles. The van der Waals surface area contributed by atoms with Crippen molar-refractivity contribution in [1.82, 2.24) is 19.9 Å². The summed E-state index contributed by atoms with van der Waals surface area (Å²) in [6.07, 6.45) is 5.65. The summed E-state index contributed by atoms with van der Waals surface area (Å²) < 4.78 is 6.42. The van der Waals surface area contributed by atoms with Gasteiger partial charge in [-0.3, -0.25) is 19.3 Å². The lowest BCUT2D eigenvalue weighted by atomic mass is 9.44. The van der Waals surface area contributed by atoms with E-state index in [1.165, 1.54) is 5.69 Å². The summed E-state index contributed by atoms with van der Waals surface area (Å²) in [6, 6.07) is 12.1. The highest BCUT2D eigenvalue weighted by Crippen LogP contribution is 2.68. The van der Waals surface area contributed by atoms with Gasteiger partial charge in [0.05, 0.1) is 23.8 Å². The van der Waals surface area contributed by atoms with E-state index < -0.39 is 29.0 Å². The number of aromatic amines is 1. The zero-order valence-electron chi connectivity index (χ0n) is 30.8. The van der Waals surface area contributed by atoms with Crippen molar-refractivity contribution >= 4 is 52.0 Å². The Hall–Kier alpha value is -3.74. The van der Waals surface area contributed by atoms with Gasteiger partial charge in [0, 0.05) is 61.2 Å². The molecule has 278 valence electrons. The van der Waals surface area contributed by atoms with E-state index in [0.29, 0.717) is 34.8 Å². The maximum absolute atomic E-state index is 13.8. The van der Waals surface area contributed by atoms with Crippen LogP contribution in [0.15, 0.2) is 60.4 Å². The van der Waals surface area contributed by atoms with Gasteiger partial charge in [-0.05, 0) is 61.1 Å². The van der Waals surface area contributed by atoms with Crippen LogP contribution in [0.1, 0.15) is 59.8 Å². The van der Waals surface area contributed by atoms with Gasteiger partial charge in [0.25, 0.3) is 0 Å².